The smallest absolute Gasteiger partial charge is 0.128 e. The van der Waals surface area contributed by atoms with Crippen LogP contribution in [0.1, 0.15) is 11.1 Å². The number of nitrogens with zero attached hydrogens (tertiary/aromatic N) is 2. The number of anilines is 1. The summed E-state index contributed by atoms with van der Waals surface area (Å²) in [5.41, 5.74) is 8.08. The van der Waals surface area contributed by atoms with Gasteiger partial charge in [-0.25, -0.2) is 4.98 Å². The van der Waals surface area contributed by atoms with E-state index in [1.165, 1.54) is 11.1 Å². The molecule has 0 radical (unpaired) electrons. The van der Waals surface area contributed by atoms with Crippen LogP contribution in [0.5, 0.6) is 0 Å². The Morgan fingerprint density at radius 1 is 1.00 bits per heavy atom. The summed E-state index contributed by atoms with van der Waals surface area (Å²) in [5.74, 6) is 1.01. The molecule has 0 atom stereocenters. The highest BCUT2D eigenvalue weighted by Gasteiger charge is 2.02. The number of pyridine rings is 1. The van der Waals surface area contributed by atoms with E-state index >= 15 is 0 Å². The van der Waals surface area contributed by atoms with Crippen molar-refractivity contribution in [3.8, 4) is 0 Å². The summed E-state index contributed by atoms with van der Waals surface area (Å²) >= 11 is 0. The van der Waals surface area contributed by atoms with Crippen LogP contribution >= 0.6 is 0 Å². The van der Waals surface area contributed by atoms with Crippen molar-refractivity contribution >= 4 is 5.82 Å². The highest BCUT2D eigenvalue weighted by atomic mass is 15.2. The van der Waals surface area contributed by atoms with Crippen molar-refractivity contribution in [2.45, 2.75) is 12.8 Å². The van der Waals surface area contributed by atoms with E-state index in [2.05, 4.69) is 53.3 Å². The first kappa shape index (κ1) is 13.6. The van der Waals surface area contributed by atoms with Gasteiger partial charge in [0.15, 0.2) is 0 Å². The summed E-state index contributed by atoms with van der Waals surface area (Å²) in [6.07, 6.45) is 3.84. The minimum absolute atomic E-state index is 0.672. The third kappa shape index (κ3) is 4.07. The molecule has 1 aromatic heterocycles. The van der Waals surface area contributed by atoms with Crippen LogP contribution in [0.4, 0.5) is 5.82 Å². The first-order chi connectivity index (χ1) is 9.29. The maximum atomic E-state index is 5.53. The molecule has 0 aliphatic heterocycles. The van der Waals surface area contributed by atoms with E-state index in [1.54, 1.807) is 0 Å². The molecule has 0 aliphatic rings. The lowest BCUT2D eigenvalue weighted by molar-refractivity contribution is 0.856. The third-order valence-corrected chi connectivity index (χ3v) is 3.21. The van der Waals surface area contributed by atoms with E-state index in [9.17, 15) is 0 Å². The molecular weight excluding hydrogens is 234 g/mol. The summed E-state index contributed by atoms with van der Waals surface area (Å²) in [6, 6.07) is 14.7. The summed E-state index contributed by atoms with van der Waals surface area (Å²) in [4.78, 5) is 6.66. The molecule has 1 aromatic carbocycles. The van der Waals surface area contributed by atoms with Gasteiger partial charge in [0, 0.05) is 19.8 Å². The average Bonchev–Trinajstić information content (AvgIpc) is 2.47. The predicted molar refractivity (Wildman–Crippen MR) is 80.4 cm³/mol. The molecule has 0 amide bonds. The summed E-state index contributed by atoms with van der Waals surface area (Å²) < 4.78 is 0. The minimum atomic E-state index is 0.672. The Morgan fingerprint density at radius 2 is 1.79 bits per heavy atom. The quantitative estimate of drug-likeness (QED) is 0.861. The zero-order chi connectivity index (χ0) is 13.5. The molecule has 3 heteroatoms. The molecule has 19 heavy (non-hydrogen) atoms. The molecule has 0 unspecified atom stereocenters. The van der Waals surface area contributed by atoms with Crippen LogP contribution in [0, 0.1) is 0 Å². The Labute approximate surface area is 115 Å². The van der Waals surface area contributed by atoms with Gasteiger partial charge < -0.3 is 10.6 Å². The molecule has 100 valence electrons. The number of benzene rings is 1. The van der Waals surface area contributed by atoms with Crippen molar-refractivity contribution < 1.29 is 0 Å². The van der Waals surface area contributed by atoms with Crippen LogP contribution in [0.25, 0.3) is 0 Å². The number of hydrogen-bond acceptors (Lipinski definition) is 3. The Hall–Kier alpha value is -1.87. The van der Waals surface area contributed by atoms with Crippen molar-refractivity contribution in [2.24, 2.45) is 5.73 Å². The van der Waals surface area contributed by atoms with E-state index < -0.39 is 0 Å². The van der Waals surface area contributed by atoms with E-state index in [1.807, 2.05) is 12.3 Å². The van der Waals surface area contributed by atoms with E-state index in [-0.39, 0.29) is 0 Å². The first-order valence-electron chi connectivity index (χ1n) is 6.69. The number of nitrogens with two attached hydrogens (primary N) is 1. The van der Waals surface area contributed by atoms with Gasteiger partial charge >= 0.3 is 0 Å². The second-order valence-corrected chi connectivity index (χ2v) is 4.72. The second-order valence-electron chi connectivity index (χ2n) is 4.72. The lowest BCUT2D eigenvalue weighted by atomic mass is 10.1. The number of rotatable bonds is 6. The number of aromatic nitrogens is 1. The largest absolute Gasteiger partial charge is 0.359 e. The maximum absolute atomic E-state index is 5.53. The summed E-state index contributed by atoms with van der Waals surface area (Å²) in [6.45, 7) is 1.64. The van der Waals surface area contributed by atoms with Crippen LogP contribution in [0.15, 0.2) is 48.7 Å². The number of hydrogen-bond donors (Lipinski definition) is 1. The Kier molecular flexibility index (Phi) is 4.93. The molecule has 0 saturated carbocycles. The monoisotopic (exact) mass is 255 g/mol. The molecule has 0 bridgehead atoms. The fraction of sp³-hybridized carbons (Fsp3) is 0.312. The van der Waals surface area contributed by atoms with Crippen molar-refractivity contribution in [1.82, 2.24) is 4.98 Å². The minimum Gasteiger partial charge on any atom is -0.359 e. The molecule has 0 spiro atoms. The zero-order valence-electron chi connectivity index (χ0n) is 11.4. The molecule has 2 aromatic rings. The highest BCUT2D eigenvalue weighted by molar-refractivity contribution is 5.38. The molecule has 2 N–H and O–H groups in total. The lowest BCUT2D eigenvalue weighted by Gasteiger charge is -2.18. The van der Waals surface area contributed by atoms with Gasteiger partial charge in [-0.3, -0.25) is 0 Å². The Balaban J connectivity index is 1.90. The molecule has 0 saturated heterocycles. The van der Waals surface area contributed by atoms with E-state index in [0.29, 0.717) is 6.54 Å². The number of likely N-dealkylation sites (N-methyl/N-ethyl adjacent to an activating group) is 1. The molecule has 0 aliphatic carbocycles. The maximum Gasteiger partial charge on any atom is 0.128 e. The SMILES string of the molecule is CN(CCc1ccccc1)c1ccc(CCN)cn1. The predicted octanol–water partition coefficient (Wildman–Crippen LogP) is 2.26. The van der Waals surface area contributed by atoms with Crippen molar-refractivity contribution in [3.05, 3.63) is 59.8 Å². The van der Waals surface area contributed by atoms with Crippen LogP contribution in [-0.4, -0.2) is 25.1 Å². The van der Waals surface area contributed by atoms with Crippen molar-refractivity contribution in [2.75, 3.05) is 25.0 Å². The summed E-state index contributed by atoms with van der Waals surface area (Å²) in [5, 5.41) is 0. The van der Waals surface area contributed by atoms with Gasteiger partial charge in [0.2, 0.25) is 0 Å². The average molecular weight is 255 g/mol. The first-order valence-corrected chi connectivity index (χ1v) is 6.69. The van der Waals surface area contributed by atoms with E-state index in [0.717, 1.165) is 25.2 Å². The van der Waals surface area contributed by atoms with Crippen molar-refractivity contribution in [3.63, 3.8) is 0 Å². The molecule has 0 fully saturated rings. The van der Waals surface area contributed by atoms with Crippen molar-refractivity contribution in [1.29, 1.82) is 0 Å². The van der Waals surface area contributed by atoms with Crippen LogP contribution in [0.2, 0.25) is 0 Å². The molecule has 2 rings (SSSR count). The Bertz CT molecular complexity index is 479. The van der Waals surface area contributed by atoms with Crippen LogP contribution in [-0.2, 0) is 12.8 Å². The Morgan fingerprint density at radius 3 is 2.42 bits per heavy atom. The van der Waals surface area contributed by atoms with Gasteiger partial charge in [-0.2, -0.15) is 0 Å². The molecular formula is C16H21N3. The lowest BCUT2D eigenvalue weighted by Crippen LogP contribution is -2.21. The fourth-order valence-electron chi connectivity index (χ4n) is 2.01. The molecule has 3 nitrogen and oxygen atoms in total. The molecule has 1 heterocycles. The van der Waals surface area contributed by atoms with Gasteiger partial charge in [-0.15, -0.1) is 0 Å². The second kappa shape index (κ2) is 6.90. The van der Waals surface area contributed by atoms with Gasteiger partial charge in [0.25, 0.3) is 0 Å². The fourth-order valence-corrected chi connectivity index (χ4v) is 2.01. The van der Waals surface area contributed by atoms with Crippen LogP contribution < -0.4 is 10.6 Å². The zero-order valence-corrected chi connectivity index (χ0v) is 11.4. The van der Waals surface area contributed by atoms with Crippen LogP contribution in [0.3, 0.4) is 0 Å². The highest BCUT2D eigenvalue weighted by Crippen LogP contribution is 2.11. The van der Waals surface area contributed by atoms with Gasteiger partial charge in [0.1, 0.15) is 5.82 Å². The standard InChI is InChI=1S/C16H21N3/c1-19(12-10-14-5-3-2-4-6-14)16-8-7-15(9-11-17)13-18-16/h2-8,13H,9-12,17H2,1H3. The summed E-state index contributed by atoms with van der Waals surface area (Å²) in [7, 11) is 2.08. The van der Waals surface area contributed by atoms with Gasteiger partial charge in [-0.05, 0) is 36.6 Å². The third-order valence-electron chi connectivity index (χ3n) is 3.21. The normalized spacial score (nSPS) is 10.4. The topological polar surface area (TPSA) is 42.1 Å². The van der Waals surface area contributed by atoms with Gasteiger partial charge in [-0.1, -0.05) is 36.4 Å². The van der Waals surface area contributed by atoms with Gasteiger partial charge in [0.05, 0.1) is 0 Å². The van der Waals surface area contributed by atoms with E-state index in [4.69, 9.17) is 5.73 Å².